The molecule has 1 heterocycles. The van der Waals surface area contributed by atoms with E-state index in [1.165, 1.54) is 17.0 Å². The molecule has 158 valence electrons. The molecule has 1 aromatic rings. The van der Waals surface area contributed by atoms with Gasteiger partial charge in [0.2, 0.25) is 5.91 Å². The Morgan fingerprint density at radius 3 is 2.48 bits per heavy atom. The van der Waals surface area contributed by atoms with E-state index in [0.29, 0.717) is 12.8 Å². The third-order valence-electron chi connectivity index (χ3n) is 5.88. The van der Waals surface area contributed by atoms with Crippen molar-refractivity contribution in [1.82, 2.24) is 15.1 Å². The Labute approximate surface area is 167 Å². The minimum Gasteiger partial charge on any atom is -0.348 e. The van der Waals surface area contributed by atoms with E-state index in [2.05, 4.69) is 5.32 Å². The van der Waals surface area contributed by atoms with E-state index in [-0.39, 0.29) is 11.5 Å². The van der Waals surface area contributed by atoms with Gasteiger partial charge in [-0.3, -0.25) is 14.5 Å². The number of rotatable bonds is 4. The van der Waals surface area contributed by atoms with Crippen LogP contribution in [0.25, 0.3) is 0 Å². The van der Waals surface area contributed by atoms with Crippen LogP contribution in [0.3, 0.4) is 0 Å². The van der Waals surface area contributed by atoms with E-state index in [9.17, 15) is 27.6 Å². The standard InChI is InChI=1S/C20H24F3N3O3/c1-13(14-7-6-8-15(11-14)20(21,22)23)24-16(27)12-26-17(28)19(25(2)18(26)29)9-4-3-5-10-19/h6-8,11,13H,3-5,9-10,12H2,1-2H3,(H,24,27). The number of imide groups is 1. The largest absolute Gasteiger partial charge is 0.416 e. The number of carbonyl (C=O) groups excluding carboxylic acids is 3. The van der Waals surface area contributed by atoms with Gasteiger partial charge >= 0.3 is 12.2 Å². The fraction of sp³-hybridized carbons (Fsp3) is 0.550. The third-order valence-corrected chi connectivity index (χ3v) is 5.88. The van der Waals surface area contributed by atoms with Crippen LogP contribution < -0.4 is 5.32 Å². The lowest BCUT2D eigenvalue weighted by Crippen LogP contribution is -2.49. The molecule has 0 radical (unpaired) electrons. The van der Waals surface area contributed by atoms with Gasteiger partial charge in [0, 0.05) is 7.05 Å². The Morgan fingerprint density at radius 1 is 1.21 bits per heavy atom. The van der Waals surface area contributed by atoms with Crippen LogP contribution in [0.2, 0.25) is 0 Å². The highest BCUT2D eigenvalue weighted by atomic mass is 19.4. The number of hydrogen-bond donors (Lipinski definition) is 1. The lowest BCUT2D eigenvalue weighted by molar-refractivity contribution is -0.138. The van der Waals surface area contributed by atoms with Crippen LogP contribution in [0.15, 0.2) is 24.3 Å². The van der Waals surface area contributed by atoms with Gasteiger partial charge in [0.15, 0.2) is 0 Å². The summed E-state index contributed by atoms with van der Waals surface area (Å²) >= 11 is 0. The van der Waals surface area contributed by atoms with Gasteiger partial charge in [-0.1, -0.05) is 31.4 Å². The molecular formula is C20H24F3N3O3. The van der Waals surface area contributed by atoms with Gasteiger partial charge in [-0.2, -0.15) is 13.2 Å². The lowest BCUT2D eigenvalue weighted by atomic mass is 9.81. The minimum atomic E-state index is -4.48. The van der Waals surface area contributed by atoms with Crippen LogP contribution in [0.5, 0.6) is 0 Å². The Kier molecular flexibility index (Phi) is 5.60. The number of alkyl halides is 3. The van der Waals surface area contributed by atoms with Gasteiger partial charge in [-0.05, 0) is 37.5 Å². The van der Waals surface area contributed by atoms with E-state index < -0.39 is 41.8 Å². The fourth-order valence-corrected chi connectivity index (χ4v) is 4.17. The van der Waals surface area contributed by atoms with Crippen molar-refractivity contribution >= 4 is 17.8 Å². The zero-order valence-corrected chi connectivity index (χ0v) is 16.4. The van der Waals surface area contributed by atoms with Crippen LogP contribution in [0.1, 0.15) is 56.2 Å². The van der Waals surface area contributed by atoms with Crippen LogP contribution in [-0.2, 0) is 15.8 Å². The van der Waals surface area contributed by atoms with Crippen molar-refractivity contribution in [2.45, 2.75) is 56.8 Å². The first-order chi connectivity index (χ1) is 13.6. The average molecular weight is 411 g/mol. The summed E-state index contributed by atoms with van der Waals surface area (Å²) in [6, 6.07) is 3.46. The number of likely N-dealkylation sites (N-methyl/N-ethyl adjacent to an activating group) is 1. The van der Waals surface area contributed by atoms with E-state index in [4.69, 9.17) is 0 Å². The molecule has 1 aromatic carbocycles. The van der Waals surface area contributed by atoms with Crippen LogP contribution in [0, 0.1) is 0 Å². The second kappa shape index (κ2) is 7.68. The molecule has 1 N–H and O–H groups in total. The summed E-state index contributed by atoms with van der Waals surface area (Å²) in [7, 11) is 1.58. The number of carbonyl (C=O) groups is 3. The molecule has 3 rings (SSSR count). The van der Waals surface area contributed by atoms with E-state index >= 15 is 0 Å². The van der Waals surface area contributed by atoms with Crippen molar-refractivity contribution in [2.24, 2.45) is 0 Å². The maximum Gasteiger partial charge on any atom is 0.416 e. The van der Waals surface area contributed by atoms with Crippen molar-refractivity contribution < 1.29 is 27.6 Å². The summed E-state index contributed by atoms with van der Waals surface area (Å²) < 4.78 is 38.7. The van der Waals surface area contributed by atoms with Gasteiger partial charge in [-0.25, -0.2) is 4.79 Å². The number of nitrogens with zero attached hydrogens (tertiary/aromatic N) is 2. The van der Waals surface area contributed by atoms with Crippen molar-refractivity contribution in [2.75, 3.05) is 13.6 Å². The summed E-state index contributed by atoms with van der Waals surface area (Å²) in [5.41, 5.74) is -1.39. The Hall–Kier alpha value is -2.58. The highest BCUT2D eigenvalue weighted by Crippen LogP contribution is 2.39. The van der Waals surface area contributed by atoms with E-state index in [1.807, 2.05) is 0 Å². The van der Waals surface area contributed by atoms with Crippen LogP contribution in [-0.4, -0.2) is 46.8 Å². The number of nitrogens with one attached hydrogen (secondary N) is 1. The second-order valence-corrected chi connectivity index (χ2v) is 7.74. The van der Waals surface area contributed by atoms with Gasteiger partial charge in [-0.15, -0.1) is 0 Å². The highest BCUT2D eigenvalue weighted by molar-refractivity contribution is 6.08. The molecule has 1 aliphatic heterocycles. The molecule has 29 heavy (non-hydrogen) atoms. The van der Waals surface area contributed by atoms with Crippen molar-refractivity contribution in [3.8, 4) is 0 Å². The Morgan fingerprint density at radius 2 is 1.86 bits per heavy atom. The summed E-state index contributed by atoms with van der Waals surface area (Å²) in [4.78, 5) is 40.3. The first kappa shape index (κ1) is 21.1. The molecule has 9 heteroatoms. The molecule has 0 bridgehead atoms. The monoisotopic (exact) mass is 411 g/mol. The van der Waals surface area contributed by atoms with Crippen molar-refractivity contribution in [3.63, 3.8) is 0 Å². The lowest BCUT2D eigenvalue weighted by Gasteiger charge is -2.35. The molecular weight excluding hydrogens is 387 g/mol. The van der Waals surface area contributed by atoms with Crippen LogP contribution >= 0.6 is 0 Å². The number of halogens is 3. The number of hydrogen-bond acceptors (Lipinski definition) is 3. The first-order valence-corrected chi connectivity index (χ1v) is 9.62. The van der Waals surface area contributed by atoms with Gasteiger partial charge in [0.25, 0.3) is 5.91 Å². The van der Waals surface area contributed by atoms with Gasteiger partial charge in [0.05, 0.1) is 11.6 Å². The van der Waals surface area contributed by atoms with Crippen LogP contribution in [0.4, 0.5) is 18.0 Å². The summed E-state index contributed by atoms with van der Waals surface area (Å²) in [5, 5.41) is 2.58. The molecule has 4 amide bonds. The molecule has 1 saturated carbocycles. The molecule has 1 atom stereocenters. The molecule has 2 fully saturated rings. The zero-order chi connectivity index (χ0) is 21.4. The quantitative estimate of drug-likeness (QED) is 0.772. The van der Waals surface area contributed by atoms with Crippen molar-refractivity contribution in [3.05, 3.63) is 35.4 Å². The minimum absolute atomic E-state index is 0.285. The van der Waals surface area contributed by atoms with Gasteiger partial charge < -0.3 is 10.2 Å². The van der Waals surface area contributed by atoms with Crippen molar-refractivity contribution in [1.29, 1.82) is 0 Å². The predicted octanol–water partition coefficient (Wildman–Crippen LogP) is 3.48. The highest BCUT2D eigenvalue weighted by Gasteiger charge is 2.55. The first-order valence-electron chi connectivity index (χ1n) is 9.62. The average Bonchev–Trinajstić information content (AvgIpc) is 2.84. The summed E-state index contributed by atoms with van der Waals surface area (Å²) in [5.74, 6) is -0.968. The molecule has 1 unspecified atom stereocenters. The molecule has 1 aliphatic carbocycles. The summed E-state index contributed by atoms with van der Waals surface area (Å²) in [6.07, 6.45) is -0.634. The Balaban J connectivity index is 1.68. The maximum absolute atomic E-state index is 12.9. The van der Waals surface area contributed by atoms with E-state index in [0.717, 1.165) is 36.3 Å². The number of urea groups is 1. The third kappa shape index (κ3) is 3.95. The normalized spacial score (nSPS) is 20.3. The smallest absolute Gasteiger partial charge is 0.348 e. The second-order valence-electron chi connectivity index (χ2n) is 7.74. The number of benzene rings is 1. The maximum atomic E-state index is 12.9. The SMILES string of the molecule is CC(NC(=O)CN1C(=O)N(C)C2(CCCCC2)C1=O)c1cccc(C(F)(F)F)c1. The summed E-state index contributed by atoms with van der Waals surface area (Å²) in [6.45, 7) is 1.10. The Bertz CT molecular complexity index is 819. The van der Waals surface area contributed by atoms with E-state index in [1.54, 1.807) is 14.0 Å². The number of amides is 4. The fourth-order valence-electron chi connectivity index (χ4n) is 4.17. The predicted molar refractivity (Wildman–Crippen MR) is 98.7 cm³/mol. The molecule has 6 nitrogen and oxygen atoms in total. The zero-order valence-electron chi connectivity index (χ0n) is 16.4. The molecule has 1 spiro atoms. The topological polar surface area (TPSA) is 69.7 Å². The molecule has 1 saturated heterocycles. The molecule has 2 aliphatic rings. The van der Waals surface area contributed by atoms with Gasteiger partial charge in [0.1, 0.15) is 12.1 Å². The molecule has 0 aromatic heterocycles.